The molecule has 0 aliphatic carbocycles. The molecule has 0 atom stereocenters. The Morgan fingerprint density at radius 2 is 1.55 bits per heavy atom. The summed E-state index contributed by atoms with van der Waals surface area (Å²) < 4.78 is 10.6. The molecule has 0 spiro atoms. The maximum atomic E-state index is 11.7. The molecule has 0 N–H and O–H groups in total. The van der Waals surface area contributed by atoms with Gasteiger partial charge in [-0.2, -0.15) is 0 Å². The first-order valence-electron chi connectivity index (χ1n) is 6.94. The molecule has 1 heterocycles. The van der Waals surface area contributed by atoms with Crippen molar-refractivity contribution in [1.29, 1.82) is 0 Å². The quantitative estimate of drug-likeness (QED) is 0.811. The van der Waals surface area contributed by atoms with Crippen molar-refractivity contribution in [2.45, 2.75) is 6.61 Å². The molecule has 1 fully saturated rings. The summed E-state index contributed by atoms with van der Waals surface area (Å²) >= 11 is 0. The van der Waals surface area contributed by atoms with Crippen molar-refractivity contribution in [2.75, 3.05) is 18.1 Å². The summed E-state index contributed by atoms with van der Waals surface area (Å²) in [7, 11) is 0. The van der Waals surface area contributed by atoms with E-state index in [0.29, 0.717) is 18.0 Å². The maximum Gasteiger partial charge on any atom is 0.259 e. The first kappa shape index (κ1) is 14.3. The van der Waals surface area contributed by atoms with Crippen LogP contribution in [-0.2, 0) is 20.9 Å². The first-order chi connectivity index (χ1) is 10.7. The van der Waals surface area contributed by atoms with Gasteiger partial charge in [0.1, 0.15) is 25.6 Å². The second-order valence-corrected chi connectivity index (χ2v) is 4.88. The number of ether oxygens (including phenoxy) is 2. The van der Waals surface area contributed by atoms with Crippen molar-refractivity contribution in [3.63, 3.8) is 0 Å². The molecule has 22 heavy (non-hydrogen) atoms. The number of hydrogen-bond donors (Lipinski definition) is 0. The Bertz CT molecular complexity index is 651. The van der Waals surface area contributed by atoms with Crippen LogP contribution in [-0.4, -0.2) is 25.0 Å². The average molecular weight is 297 g/mol. The average Bonchev–Trinajstić information content (AvgIpc) is 2.55. The highest BCUT2D eigenvalue weighted by atomic mass is 16.5. The first-order valence-corrected chi connectivity index (χ1v) is 6.94. The summed E-state index contributed by atoms with van der Waals surface area (Å²) in [5.41, 5.74) is 1.61. The predicted molar refractivity (Wildman–Crippen MR) is 80.5 cm³/mol. The van der Waals surface area contributed by atoms with E-state index in [2.05, 4.69) is 0 Å². The van der Waals surface area contributed by atoms with Gasteiger partial charge >= 0.3 is 0 Å². The smallest absolute Gasteiger partial charge is 0.259 e. The van der Waals surface area contributed by atoms with Crippen molar-refractivity contribution < 1.29 is 19.1 Å². The van der Waals surface area contributed by atoms with Crippen LogP contribution in [0, 0.1) is 0 Å². The number of benzene rings is 2. The van der Waals surface area contributed by atoms with Gasteiger partial charge in [-0.1, -0.05) is 30.3 Å². The Kier molecular flexibility index (Phi) is 4.16. The van der Waals surface area contributed by atoms with Crippen molar-refractivity contribution in [1.82, 2.24) is 0 Å². The van der Waals surface area contributed by atoms with Crippen molar-refractivity contribution >= 4 is 17.5 Å². The number of carbonyl (C=O) groups is 2. The zero-order valence-corrected chi connectivity index (χ0v) is 11.9. The summed E-state index contributed by atoms with van der Waals surface area (Å²) in [6.45, 7) is 0.325. The fourth-order valence-electron chi connectivity index (χ4n) is 2.21. The van der Waals surface area contributed by atoms with E-state index in [1.165, 1.54) is 0 Å². The Morgan fingerprint density at radius 3 is 2.18 bits per heavy atom. The van der Waals surface area contributed by atoms with Crippen molar-refractivity contribution in [2.24, 2.45) is 0 Å². The Hall–Kier alpha value is -2.66. The minimum Gasteiger partial charge on any atom is -0.489 e. The zero-order valence-electron chi connectivity index (χ0n) is 11.9. The van der Waals surface area contributed by atoms with Crippen LogP contribution >= 0.6 is 0 Å². The summed E-state index contributed by atoms with van der Waals surface area (Å²) in [5.74, 6) is -0.0239. The van der Waals surface area contributed by atoms with Gasteiger partial charge in [0.2, 0.25) is 0 Å². The van der Waals surface area contributed by atoms with E-state index >= 15 is 0 Å². The third-order valence-corrected chi connectivity index (χ3v) is 3.29. The van der Waals surface area contributed by atoms with Crippen LogP contribution in [0.25, 0.3) is 0 Å². The van der Waals surface area contributed by atoms with Gasteiger partial charge in [0.05, 0.1) is 5.69 Å². The van der Waals surface area contributed by atoms with Gasteiger partial charge in [-0.3, -0.25) is 9.59 Å². The highest BCUT2D eigenvalue weighted by Gasteiger charge is 2.27. The minimum atomic E-state index is -0.353. The van der Waals surface area contributed by atoms with Gasteiger partial charge in [-0.05, 0) is 29.8 Å². The standard InChI is InChI=1S/C17H15NO4/c19-16-11-21-12-17(20)18(16)14-6-8-15(9-7-14)22-10-13-4-2-1-3-5-13/h1-9H,10-12H2. The van der Waals surface area contributed by atoms with Crippen LogP contribution in [0.4, 0.5) is 5.69 Å². The summed E-state index contributed by atoms with van der Waals surface area (Å²) in [6, 6.07) is 16.7. The third-order valence-electron chi connectivity index (χ3n) is 3.29. The molecule has 2 aromatic carbocycles. The summed E-state index contributed by atoms with van der Waals surface area (Å²) in [5, 5.41) is 0. The summed E-state index contributed by atoms with van der Waals surface area (Å²) in [6.07, 6.45) is 0. The largest absolute Gasteiger partial charge is 0.489 e. The number of hydrogen-bond acceptors (Lipinski definition) is 4. The number of morpholine rings is 1. The molecule has 0 radical (unpaired) electrons. The molecule has 0 saturated carbocycles. The number of amides is 2. The van der Waals surface area contributed by atoms with E-state index < -0.39 is 0 Å². The van der Waals surface area contributed by atoms with Gasteiger partial charge < -0.3 is 9.47 Å². The van der Waals surface area contributed by atoms with Gasteiger partial charge in [0.25, 0.3) is 11.8 Å². The van der Waals surface area contributed by atoms with Crippen LogP contribution in [0.15, 0.2) is 54.6 Å². The lowest BCUT2D eigenvalue weighted by Crippen LogP contribution is -2.46. The molecular weight excluding hydrogens is 282 g/mol. The number of nitrogens with zero attached hydrogens (tertiary/aromatic N) is 1. The molecule has 1 aliphatic heterocycles. The second kappa shape index (κ2) is 6.41. The number of rotatable bonds is 4. The fraction of sp³-hybridized carbons (Fsp3) is 0.176. The molecule has 1 aliphatic rings. The molecule has 3 rings (SSSR count). The minimum absolute atomic E-state index is 0.0714. The molecular formula is C17H15NO4. The molecule has 0 bridgehead atoms. The van der Waals surface area contributed by atoms with Crippen molar-refractivity contribution in [3.8, 4) is 5.75 Å². The Labute approximate surface area is 128 Å². The lowest BCUT2D eigenvalue weighted by molar-refractivity contribution is -0.138. The van der Waals surface area contributed by atoms with Crippen LogP contribution < -0.4 is 9.64 Å². The molecule has 2 amide bonds. The molecule has 0 unspecified atom stereocenters. The van der Waals surface area contributed by atoms with E-state index in [4.69, 9.17) is 9.47 Å². The van der Waals surface area contributed by atoms with E-state index in [1.807, 2.05) is 30.3 Å². The van der Waals surface area contributed by atoms with E-state index in [-0.39, 0.29) is 25.0 Å². The topological polar surface area (TPSA) is 55.8 Å². The number of carbonyl (C=O) groups excluding carboxylic acids is 2. The number of imide groups is 1. The predicted octanol–water partition coefficient (Wildman–Crippen LogP) is 2.16. The van der Waals surface area contributed by atoms with Crippen LogP contribution in [0.1, 0.15) is 5.56 Å². The van der Waals surface area contributed by atoms with E-state index in [0.717, 1.165) is 10.5 Å². The highest BCUT2D eigenvalue weighted by molar-refractivity contribution is 6.16. The highest BCUT2D eigenvalue weighted by Crippen LogP contribution is 2.22. The van der Waals surface area contributed by atoms with Crippen molar-refractivity contribution in [3.05, 3.63) is 60.2 Å². The fourth-order valence-corrected chi connectivity index (χ4v) is 2.21. The van der Waals surface area contributed by atoms with E-state index in [9.17, 15) is 9.59 Å². The van der Waals surface area contributed by atoms with Gasteiger partial charge in [0, 0.05) is 0 Å². The van der Waals surface area contributed by atoms with E-state index in [1.54, 1.807) is 24.3 Å². The third kappa shape index (κ3) is 3.15. The normalized spacial score (nSPS) is 15.0. The van der Waals surface area contributed by atoms with Gasteiger partial charge in [-0.15, -0.1) is 0 Å². The molecule has 5 heteroatoms. The molecule has 2 aromatic rings. The lowest BCUT2D eigenvalue weighted by atomic mass is 10.2. The van der Waals surface area contributed by atoms with Crippen LogP contribution in [0.3, 0.4) is 0 Å². The van der Waals surface area contributed by atoms with Gasteiger partial charge in [0.15, 0.2) is 0 Å². The molecule has 112 valence electrons. The maximum absolute atomic E-state index is 11.7. The molecule has 1 saturated heterocycles. The molecule has 0 aromatic heterocycles. The Balaban J connectivity index is 1.67. The molecule has 5 nitrogen and oxygen atoms in total. The second-order valence-electron chi connectivity index (χ2n) is 4.88. The number of anilines is 1. The van der Waals surface area contributed by atoms with Crippen LogP contribution in [0.5, 0.6) is 5.75 Å². The zero-order chi connectivity index (χ0) is 15.4. The Morgan fingerprint density at radius 1 is 0.909 bits per heavy atom. The monoisotopic (exact) mass is 297 g/mol. The SMILES string of the molecule is O=C1COCC(=O)N1c1ccc(OCc2ccccc2)cc1. The lowest BCUT2D eigenvalue weighted by Gasteiger charge is -2.24. The van der Waals surface area contributed by atoms with Gasteiger partial charge in [-0.25, -0.2) is 4.90 Å². The van der Waals surface area contributed by atoms with Crippen LogP contribution in [0.2, 0.25) is 0 Å². The summed E-state index contributed by atoms with van der Waals surface area (Å²) in [4.78, 5) is 24.6.